The highest BCUT2D eigenvalue weighted by Gasteiger charge is 2.16. The Bertz CT molecular complexity index is 1040. The number of aryl methyl sites for hydroxylation is 1. The first-order valence-corrected chi connectivity index (χ1v) is 8.77. The average Bonchev–Trinajstić information content (AvgIpc) is 2.89. The van der Waals surface area contributed by atoms with Gasteiger partial charge in [0.25, 0.3) is 0 Å². The molecule has 26 heavy (non-hydrogen) atoms. The van der Waals surface area contributed by atoms with E-state index >= 15 is 0 Å². The van der Waals surface area contributed by atoms with Crippen LogP contribution in [0.3, 0.4) is 0 Å². The second-order valence-electron chi connectivity index (χ2n) is 6.34. The summed E-state index contributed by atoms with van der Waals surface area (Å²) in [7, 11) is 0. The van der Waals surface area contributed by atoms with Crippen molar-refractivity contribution < 1.29 is 0 Å². The summed E-state index contributed by atoms with van der Waals surface area (Å²) in [5.74, 6) is 0. The van der Waals surface area contributed by atoms with Crippen molar-refractivity contribution in [2.24, 2.45) is 0 Å². The molecule has 4 aromatic rings. The van der Waals surface area contributed by atoms with E-state index in [1.807, 2.05) is 24.4 Å². The third-order valence-corrected chi connectivity index (χ3v) is 5.10. The zero-order chi connectivity index (χ0) is 17.4. The van der Waals surface area contributed by atoms with Crippen molar-refractivity contribution in [3.8, 4) is 11.3 Å². The molecule has 0 aliphatic heterocycles. The van der Waals surface area contributed by atoms with Crippen LogP contribution in [0, 0.1) is 13.8 Å². The molecule has 0 N–H and O–H groups in total. The van der Waals surface area contributed by atoms with Gasteiger partial charge in [0.2, 0.25) is 0 Å². The van der Waals surface area contributed by atoms with Gasteiger partial charge in [-0.3, -0.25) is 4.98 Å². The Labute approximate surface area is 164 Å². The molecule has 2 heterocycles. The monoisotopic (exact) mass is 382 g/mol. The molecule has 0 atom stereocenters. The predicted molar refractivity (Wildman–Crippen MR) is 112 cm³/mol. The summed E-state index contributed by atoms with van der Waals surface area (Å²) in [6.07, 6.45) is 1.91. The number of hydrogen-bond acceptors (Lipinski definition) is 1. The molecular weight excluding hydrogens is 363 g/mol. The maximum absolute atomic E-state index is 6.03. The van der Waals surface area contributed by atoms with Crippen LogP contribution in [-0.4, -0.2) is 9.55 Å². The second kappa shape index (κ2) is 7.53. The molecule has 0 aliphatic rings. The van der Waals surface area contributed by atoms with Crippen molar-refractivity contribution in [2.45, 2.75) is 20.4 Å². The molecule has 0 bridgehead atoms. The molecular formula is C22H20Cl2N2. The molecule has 132 valence electrons. The third kappa shape index (κ3) is 3.23. The first-order valence-electron chi connectivity index (χ1n) is 8.39. The predicted octanol–water partition coefficient (Wildman–Crippen LogP) is 6.44. The first kappa shape index (κ1) is 18.5. The van der Waals surface area contributed by atoms with E-state index in [1.165, 1.54) is 27.7 Å². The van der Waals surface area contributed by atoms with Crippen LogP contribution in [0.1, 0.15) is 16.8 Å². The first-order chi connectivity index (χ1) is 12.1. The van der Waals surface area contributed by atoms with Gasteiger partial charge in [-0.2, -0.15) is 0 Å². The average molecular weight is 383 g/mol. The molecule has 0 saturated carbocycles. The second-order valence-corrected chi connectivity index (χ2v) is 6.78. The summed E-state index contributed by atoms with van der Waals surface area (Å²) >= 11 is 6.03. The largest absolute Gasteiger partial charge is 0.338 e. The third-order valence-electron chi connectivity index (χ3n) is 4.85. The van der Waals surface area contributed by atoms with Crippen molar-refractivity contribution in [1.82, 2.24) is 9.55 Å². The molecule has 0 spiro atoms. The maximum Gasteiger partial charge on any atom is 0.0945 e. The fourth-order valence-corrected chi connectivity index (χ4v) is 3.50. The minimum absolute atomic E-state index is 0. The number of halogens is 2. The van der Waals surface area contributed by atoms with Crippen LogP contribution < -0.4 is 0 Å². The van der Waals surface area contributed by atoms with Crippen LogP contribution in [-0.2, 0) is 6.54 Å². The van der Waals surface area contributed by atoms with E-state index in [4.69, 9.17) is 16.6 Å². The van der Waals surface area contributed by atoms with E-state index in [9.17, 15) is 0 Å². The van der Waals surface area contributed by atoms with Crippen LogP contribution >= 0.6 is 24.0 Å². The zero-order valence-corrected chi connectivity index (χ0v) is 16.3. The summed E-state index contributed by atoms with van der Waals surface area (Å²) in [6.45, 7) is 5.17. The summed E-state index contributed by atoms with van der Waals surface area (Å²) in [4.78, 5) is 4.71. The standard InChI is InChI=1S/C22H19ClN2.ClH/c1-15-16(2)25(14-17-8-10-19(23)11-9-17)22-20(15)12-13-24-21(22)18-6-4-3-5-7-18;/h3-13H,14H2,1-2H3;1H. The minimum Gasteiger partial charge on any atom is -0.338 e. The van der Waals surface area contributed by atoms with E-state index in [1.54, 1.807) is 0 Å². The fraction of sp³-hybridized carbons (Fsp3) is 0.136. The molecule has 0 fully saturated rings. The molecule has 4 heteroatoms. The van der Waals surface area contributed by atoms with Gasteiger partial charge in [-0.05, 0) is 43.2 Å². The zero-order valence-electron chi connectivity index (χ0n) is 14.7. The number of benzene rings is 2. The van der Waals surface area contributed by atoms with E-state index in [0.717, 1.165) is 22.8 Å². The topological polar surface area (TPSA) is 17.8 Å². The summed E-state index contributed by atoms with van der Waals surface area (Å²) in [6, 6.07) is 20.6. The molecule has 0 amide bonds. The van der Waals surface area contributed by atoms with Gasteiger partial charge >= 0.3 is 0 Å². The van der Waals surface area contributed by atoms with Gasteiger partial charge in [0.15, 0.2) is 0 Å². The van der Waals surface area contributed by atoms with E-state index in [2.05, 4.69) is 60.9 Å². The van der Waals surface area contributed by atoms with Crippen molar-refractivity contribution in [1.29, 1.82) is 0 Å². The molecule has 0 saturated heterocycles. The van der Waals surface area contributed by atoms with Crippen molar-refractivity contribution >= 4 is 34.9 Å². The highest BCUT2D eigenvalue weighted by atomic mass is 35.5. The number of fused-ring (bicyclic) bond motifs is 1. The van der Waals surface area contributed by atoms with Crippen LogP contribution in [0.2, 0.25) is 5.02 Å². The number of aromatic nitrogens is 2. The Morgan fingerprint density at radius 2 is 1.62 bits per heavy atom. The normalized spacial score (nSPS) is 10.7. The van der Waals surface area contributed by atoms with Gasteiger partial charge in [-0.15, -0.1) is 12.4 Å². The Hall–Kier alpha value is -2.29. The van der Waals surface area contributed by atoms with Crippen LogP contribution in [0.5, 0.6) is 0 Å². The molecule has 4 rings (SSSR count). The molecule has 0 radical (unpaired) electrons. The molecule has 2 nitrogen and oxygen atoms in total. The molecule has 2 aromatic carbocycles. The smallest absolute Gasteiger partial charge is 0.0945 e. The Morgan fingerprint density at radius 1 is 0.923 bits per heavy atom. The van der Waals surface area contributed by atoms with Gasteiger partial charge in [0.05, 0.1) is 11.2 Å². The Kier molecular flexibility index (Phi) is 5.36. The van der Waals surface area contributed by atoms with Gasteiger partial charge in [0.1, 0.15) is 0 Å². The minimum atomic E-state index is 0. The summed E-state index contributed by atoms with van der Waals surface area (Å²) in [5.41, 5.74) is 7.18. The lowest BCUT2D eigenvalue weighted by atomic mass is 10.1. The van der Waals surface area contributed by atoms with E-state index in [-0.39, 0.29) is 12.4 Å². The number of rotatable bonds is 3. The lowest BCUT2D eigenvalue weighted by molar-refractivity contribution is 0.800. The quantitative estimate of drug-likeness (QED) is 0.398. The van der Waals surface area contributed by atoms with Gasteiger partial charge in [-0.1, -0.05) is 54.1 Å². The highest BCUT2D eigenvalue weighted by Crippen LogP contribution is 2.32. The van der Waals surface area contributed by atoms with Gasteiger partial charge < -0.3 is 4.57 Å². The highest BCUT2D eigenvalue weighted by molar-refractivity contribution is 6.30. The number of nitrogens with zero attached hydrogens (tertiary/aromatic N) is 2. The van der Waals surface area contributed by atoms with E-state index in [0.29, 0.717) is 0 Å². The van der Waals surface area contributed by atoms with Gasteiger partial charge in [-0.25, -0.2) is 0 Å². The Morgan fingerprint density at radius 3 is 2.31 bits per heavy atom. The number of pyridine rings is 1. The molecule has 0 unspecified atom stereocenters. The molecule has 0 aliphatic carbocycles. The van der Waals surface area contributed by atoms with Crippen LogP contribution in [0.4, 0.5) is 0 Å². The van der Waals surface area contributed by atoms with Gasteiger partial charge in [0, 0.05) is 34.4 Å². The van der Waals surface area contributed by atoms with E-state index < -0.39 is 0 Å². The summed E-state index contributed by atoms with van der Waals surface area (Å²) in [5, 5.41) is 2.03. The summed E-state index contributed by atoms with van der Waals surface area (Å²) < 4.78 is 2.36. The number of hydrogen-bond donors (Lipinski definition) is 0. The van der Waals surface area contributed by atoms with Crippen molar-refractivity contribution in [3.05, 3.63) is 88.7 Å². The van der Waals surface area contributed by atoms with Crippen molar-refractivity contribution in [3.63, 3.8) is 0 Å². The fourth-order valence-electron chi connectivity index (χ4n) is 3.37. The van der Waals surface area contributed by atoms with Crippen molar-refractivity contribution in [2.75, 3.05) is 0 Å². The lowest BCUT2D eigenvalue weighted by Crippen LogP contribution is -2.03. The van der Waals surface area contributed by atoms with Crippen LogP contribution in [0.15, 0.2) is 66.9 Å². The Balaban J connectivity index is 0.00000196. The molecule has 2 aromatic heterocycles. The SMILES string of the molecule is Cc1c(C)n(Cc2ccc(Cl)cc2)c2c(-c3ccccc3)nccc12.Cl. The van der Waals surface area contributed by atoms with Crippen LogP contribution in [0.25, 0.3) is 22.2 Å². The lowest BCUT2D eigenvalue weighted by Gasteiger charge is -2.12. The maximum atomic E-state index is 6.03.